The largest absolute Gasteiger partial charge is 0.348 e. The van der Waals surface area contributed by atoms with Crippen LogP contribution in [0.3, 0.4) is 0 Å². The lowest BCUT2D eigenvalue weighted by atomic mass is 10.1. The number of amides is 1. The van der Waals surface area contributed by atoms with Gasteiger partial charge in [0, 0.05) is 67.9 Å². The van der Waals surface area contributed by atoms with Crippen molar-refractivity contribution in [3.63, 3.8) is 0 Å². The third-order valence-corrected chi connectivity index (χ3v) is 6.47. The van der Waals surface area contributed by atoms with Gasteiger partial charge in [0.15, 0.2) is 0 Å². The van der Waals surface area contributed by atoms with Crippen LogP contribution in [-0.2, 0) is 0 Å². The maximum Gasteiger partial charge on any atom is 0.255 e. The van der Waals surface area contributed by atoms with E-state index in [2.05, 4.69) is 25.1 Å². The van der Waals surface area contributed by atoms with Crippen LogP contribution in [0.1, 0.15) is 17.3 Å². The summed E-state index contributed by atoms with van der Waals surface area (Å²) in [6, 6.07) is 19.0. The van der Waals surface area contributed by atoms with Crippen molar-refractivity contribution in [2.45, 2.75) is 13.0 Å². The van der Waals surface area contributed by atoms with E-state index in [9.17, 15) is 4.79 Å². The number of halogens is 1. The summed E-state index contributed by atoms with van der Waals surface area (Å²) in [5.41, 5.74) is 2.88. The summed E-state index contributed by atoms with van der Waals surface area (Å²) in [5.74, 6) is 0.620. The summed E-state index contributed by atoms with van der Waals surface area (Å²) in [5, 5.41) is 8.56. The van der Waals surface area contributed by atoms with Crippen molar-refractivity contribution in [1.29, 1.82) is 0 Å². The highest BCUT2D eigenvalue weighted by atomic mass is 35.5. The van der Waals surface area contributed by atoms with Crippen LogP contribution in [0.5, 0.6) is 0 Å². The Morgan fingerprint density at radius 1 is 0.972 bits per heavy atom. The number of carbonyl (C=O) groups excluding carboxylic acids is 1. The minimum absolute atomic E-state index is 0.0323. The molecular formula is C27H28ClN7O. The number of carbonyl (C=O) groups is 1. The molecule has 0 saturated carbocycles. The highest BCUT2D eigenvalue weighted by molar-refractivity contribution is 6.30. The molecule has 1 aliphatic heterocycles. The molecule has 0 bridgehead atoms. The van der Waals surface area contributed by atoms with Crippen LogP contribution in [0.15, 0.2) is 79.3 Å². The summed E-state index contributed by atoms with van der Waals surface area (Å²) < 4.78 is 1.74. The van der Waals surface area contributed by atoms with Crippen molar-refractivity contribution in [1.82, 2.24) is 30.0 Å². The Kier molecular flexibility index (Phi) is 7.25. The molecule has 1 fully saturated rings. The first-order chi connectivity index (χ1) is 17.6. The molecule has 0 aliphatic carbocycles. The first-order valence-corrected chi connectivity index (χ1v) is 12.4. The van der Waals surface area contributed by atoms with Gasteiger partial charge in [0.25, 0.3) is 5.91 Å². The van der Waals surface area contributed by atoms with Crippen molar-refractivity contribution in [3.05, 3.63) is 89.8 Å². The summed E-state index contributed by atoms with van der Waals surface area (Å²) in [6.45, 7) is 6.29. The van der Waals surface area contributed by atoms with E-state index < -0.39 is 0 Å². The summed E-state index contributed by atoms with van der Waals surface area (Å²) in [6.07, 6.45) is 5.33. The van der Waals surface area contributed by atoms with Crippen LogP contribution in [-0.4, -0.2) is 69.3 Å². The zero-order valence-corrected chi connectivity index (χ0v) is 20.8. The molecule has 9 heteroatoms. The molecule has 4 aromatic rings. The van der Waals surface area contributed by atoms with Crippen molar-refractivity contribution in [2.24, 2.45) is 0 Å². The normalized spacial score (nSPS) is 15.0. The minimum atomic E-state index is -0.147. The van der Waals surface area contributed by atoms with Gasteiger partial charge in [0.1, 0.15) is 5.69 Å². The molecule has 2 aromatic heterocycles. The van der Waals surface area contributed by atoms with Crippen LogP contribution in [0.25, 0.3) is 16.9 Å². The van der Waals surface area contributed by atoms with Crippen LogP contribution in [0, 0.1) is 0 Å². The van der Waals surface area contributed by atoms with E-state index in [1.165, 1.54) is 0 Å². The molecule has 0 spiro atoms. The number of benzene rings is 2. The fourth-order valence-electron chi connectivity index (χ4n) is 4.39. The lowest BCUT2D eigenvalue weighted by molar-refractivity contribution is 0.0928. The molecule has 3 heterocycles. The van der Waals surface area contributed by atoms with Crippen LogP contribution in [0.2, 0.25) is 5.02 Å². The average Bonchev–Trinajstić information content (AvgIpc) is 3.36. The van der Waals surface area contributed by atoms with E-state index in [1.54, 1.807) is 23.3 Å². The van der Waals surface area contributed by atoms with Gasteiger partial charge < -0.3 is 10.2 Å². The Morgan fingerprint density at radius 2 is 1.67 bits per heavy atom. The smallest absolute Gasteiger partial charge is 0.255 e. The fourth-order valence-corrected chi connectivity index (χ4v) is 4.52. The van der Waals surface area contributed by atoms with Gasteiger partial charge in [-0.1, -0.05) is 41.9 Å². The number of aromatic nitrogens is 4. The number of hydrogen-bond acceptors (Lipinski definition) is 6. The van der Waals surface area contributed by atoms with Gasteiger partial charge in [-0.05, 0) is 37.3 Å². The summed E-state index contributed by atoms with van der Waals surface area (Å²) in [4.78, 5) is 26.6. The van der Waals surface area contributed by atoms with Gasteiger partial charge in [-0.2, -0.15) is 5.10 Å². The lowest BCUT2D eigenvalue weighted by Gasteiger charge is -2.35. The Hall–Kier alpha value is -3.75. The molecule has 1 unspecified atom stereocenters. The second-order valence-electron chi connectivity index (χ2n) is 8.89. The molecule has 1 saturated heterocycles. The second-order valence-corrected chi connectivity index (χ2v) is 9.33. The maximum atomic E-state index is 13.4. The summed E-state index contributed by atoms with van der Waals surface area (Å²) in [7, 11) is 0. The number of piperazine rings is 1. The molecule has 36 heavy (non-hydrogen) atoms. The maximum absolute atomic E-state index is 13.4. The first kappa shape index (κ1) is 24.0. The van der Waals surface area contributed by atoms with Gasteiger partial charge in [-0.3, -0.25) is 9.69 Å². The molecule has 1 amide bonds. The molecule has 8 nitrogen and oxygen atoms in total. The number of para-hydroxylation sites is 1. The predicted molar refractivity (Wildman–Crippen MR) is 142 cm³/mol. The van der Waals surface area contributed by atoms with Crippen molar-refractivity contribution in [3.8, 4) is 16.9 Å². The van der Waals surface area contributed by atoms with E-state index >= 15 is 0 Å². The minimum Gasteiger partial charge on any atom is -0.348 e. The zero-order valence-electron chi connectivity index (χ0n) is 20.1. The number of hydrogen-bond donors (Lipinski definition) is 1. The molecule has 1 N–H and O–H groups in total. The van der Waals surface area contributed by atoms with E-state index in [0.717, 1.165) is 49.9 Å². The highest BCUT2D eigenvalue weighted by Gasteiger charge is 2.23. The third-order valence-electron chi connectivity index (χ3n) is 6.21. The second kappa shape index (κ2) is 10.9. The summed E-state index contributed by atoms with van der Waals surface area (Å²) >= 11 is 6.09. The number of nitrogens with zero attached hydrogens (tertiary/aromatic N) is 6. The predicted octanol–water partition coefficient (Wildman–Crippen LogP) is 3.92. The van der Waals surface area contributed by atoms with Crippen LogP contribution >= 0.6 is 11.6 Å². The van der Waals surface area contributed by atoms with Crippen molar-refractivity contribution >= 4 is 23.5 Å². The van der Waals surface area contributed by atoms with E-state index in [-0.39, 0.29) is 11.9 Å². The van der Waals surface area contributed by atoms with E-state index in [1.807, 2.05) is 67.6 Å². The molecule has 5 rings (SSSR count). The molecule has 2 aromatic carbocycles. The highest BCUT2D eigenvalue weighted by Crippen LogP contribution is 2.25. The fraction of sp³-hybridized carbons (Fsp3) is 0.259. The van der Waals surface area contributed by atoms with Gasteiger partial charge in [-0.25, -0.2) is 14.6 Å². The number of nitrogens with one attached hydrogen (secondary N) is 1. The molecule has 0 radical (unpaired) electrons. The standard InChI is InChI=1S/C27H28ClN7O/c1-20(18-33-14-16-34(17-15-33)27-29-12-5-13-30-27)31-26(36)24-19-35(23-6-3-2-4-7-23)32-25(24)21-8-10-22(28)11-9-21/h2-13,19-20H,14-18H2,1H3,(H,31,36). The Morgan fingerprint density at radius 3 is 2.36 bits per heavy atom. The first-order valence-electron chi connectivity index (χ1n) is 12.0. The topological polar surface area (TPSA) is 79.2 Å². The molecule has 1 aliphatic rings. The number of anilines is 1. The van der Waals surface area contributed by atoms with Crippen molar-refractivity contribution in [2.75, 3.05) is 37.6 Å². The van der Waals surface area contributed by atoms with Crippen LogP contribution < -0.4 is 10.2 Å². The zero-order chi connectivity index (χ0) is 24.9. The van der Waals surface area contributed by atoms with E-state index in [4.69, 9.17) is 16.7 Å². The monoisotopic (exact) mass is 501 g/mol. The third kappa shape index (κ3) is 5.56. The number of rotatable bonds is 7. The molecule has 1 atom stereocenters. The quantitative estimate of drug-likeness (QED) is 0.413. The SMILES string of the molecule is CC(CN1CCN(c2ncccn2)CC1)NC(=O)c1cn(-c2ccccc2)nc1-c1ccc(Cl)cc1. The van der Waals surface area contributed by atoms with Gasteiger partial charge in [0.05, 0.1) is 11.3 Å². The lowest BCUT2D eigenvalue weighted by Crippen LogP contribution is -2.51. The van der Waals surface area contributed by atoms with Gasteiger partial charge in [0.2, 0.25) is 5.95 Å². The molecular weight excluding hydrogens is 474 g/mol. The average molecular weight is 502 g/mol. The van der Waals surface area contributed by atoms with Gasteiger partial charge in [-0.15, -0.1) is 0 Å². The van der Waals surface area contributed by atoms with E-state index in [0.29, 0.717) is 16.3 Å². The van der Waals surface area contributed by atoms with Gasteiger partial charge >= 0.3 is 0 Å². The van der Waals surface area contributed by atoms with Crippen LogP contribution in [0.4, 0.5) is 5.95 Å². The Labute approximate surface area is 215 Å². The Balaban J connectivity index is 1.27. The molecule has 184 valence electrons. The van der Waals surface area contributed by atoms with Crippen molar-refractivity contribution < 1.29 is 4.79 Å². The Bertz CT molecular complexity index is 1290.